The van der Waals surface area contributed by atoms with Gasteiger partial charge in [0.2, 0.25) is 0 Å². The average Bonchev–Trinajstić information content (AvgIpc) is 2.82. The van der Waals surface area contributed by atoms with Gasteiger partial charge in [-0.05, 0) is 24.3 Å². The van der Waals surface area contributed by atoms with E-state index in [0.717, 1.165) is 51.6 Å². The van der Waals surface area contributed by atoms with E-state index in [9.17, 15) is 0 Å². The van der Waals surface area contributed by atoms with Crippen LogP contribution in [0.5, 0.6) is 0 Å². The molecule has 0 amide bonds. The van der Waals surface area contributed by atoms with Crippen molar-refractivity contribution in [3.8, 4) is 6.07 Å². The van der Waals surface area contributed by atoms with E-state index in [2.05, 4.69) is 15.9 Å². The van der Waals surface area contributed by atoms with Crippen molar-refractivity contribution in [1.82, 2.24) is 4.90 Å². The third kappa shape index (κ3) is 4.05. The minimum absolute atomic E-state index is 0.309. The summed E-state index contributed by atoms with van der Waals surface area (Å²) in [5, 5.41) is 8.95. The zero-order chi connectivity index (χ0) is 16.8. The van der Waals surface area contributed by atoms with Crippen molar-refractivity contribution in [3.63, 3.8) is 0 Å². The van der Waals surface area contributed by atoms with Crippen molar-refractivity contribution in [2.75, 3.05) is 71.2 Å². The molecule has 1 spiro atoms. The van der Waals surface area contributed by atoms with Gasteiger partial charge in [-0.3, -0.25) is 4.90 Å². The van der Waals surface area contributed by atoms with Crippen LogP contribution in [0.3, 0.4) is 0 Å². The number of nitriles is 1. The second-order valence-corrected chi connectivity index (χ2v) is 6.43. The summed E-state index contributed by atoms with van der Waals surface area (Å²) in [5.41, 5.74) is 1.51. The second kappa shape index (κ2) is 7.95. The third-order valence-electron chi connectivity index (χ3n) is 4.65. The first-order valence-electron chi connectivity index (χ1n) is 8.43. The molecule has 3 rings (SSSR count). The van der Waals surface area contributed by atoms with Crippen LogP contribution in [0.25, 0.3) is 0 Å². The molecule has 0 unspecified atom stereocenters. The maximum atomic E-state index is 8.95. The van der Waals surface area contributed by atoms with E-state index in [-0.39, 0.29) is 5.60 Å². The van der Waals surface area contributed by atoms with Crippen LogP contribution in [-0.4, -0.2) is 76.8 Å². The summed E-state index contributed by atoms with van der Waals surface area (Å²) in [6, 6.07) is 9.92. The molecule has 0 radical (unpaired) electrons. The van der Waals surface area contributed by atoms with Crippen molar-refractivity contribution >= 4 is 5.69 Å². The minimum atomic E-state index is -0.309. The molecule has 0 aromatic heterocycles. The largest absolute Gasteiger partial charge is 0.383 e. The van der Waals surface area contributed by atoms with Gasteiger partial charge in [0.25, 0.3) is 0 Å². The summed E-state index contributed by atoms with van der Waals surface area (Å²) >= 11 is 0. The van der Waals surface area contributed by atoms with Gasteiger partial charge in [0.15, 0.2) is 0 Å². The van der Waals surface area contributed by atoms with E-state index in [0.29, 0.717) is 18.8 Å². The highest BCUT2D eigenvalue weighted by molar-refractivity contribution is 5.50. The maximum Gasteiger partial charge on any atom is 0.121 e. The molecule has 0 aliphatic carbocycles. The molecule has 1 aromatic carbocycles. The van der Waals surface area contributed by atoms with Crippen molar-refractivity contribution in [3.05, 3.63) is 29.8 Å². The smallest absolute Gasteiger partial charge is 0.121 e. The Morgan fingerprint density at radius 2 is 2.04 bits per heavy atom. The third-order valence-corrected chi connectivity index (χ3v) is 4.65. The highest BCUT2D eigenvalue weighted by atomic mass is 16.5. The van der Waals surface area contributed by atoms with Crippen LogP contribution in [0, 0.1) is 11.3 Å². The van der Waals surface area contributed by atoms with Gasteiger partial charge < -0.3 is 19.1 Å². The van der Waals surface area contributed by atoms with Crippen LogP contribution in [-0.2, 0) is 14.2 Å². The Bertz CT molecular complexity index is 572. The molecule has 2 saturated heterocycles. The average molecular weight is 331 g/mol. The number of benzene rings is 1. The van der Waals surface area contributed by atoms with Crippen LogP contribution in [0.2, 0.25) is 0 Å². The first kappa shape index (κ1) is 17.2. The summed E-state index contributed by atoms with van der Waals surface area (Å²) in [7, 11) is 1.73. The second-order valence-electron chi connectivity index (χ2n) is 6.43. The van der Waals surface area contributed by atoms with Gasteiger partial charge in [0.05, 0.1) is 44.6 Å². The summed E-state index contributed by atoms with van der Waals surface area (Å²) in [6.45, 7) is 7.04. The lowest BCUT2D eigenvalue weighted by atomic mass is 10.0. The molecule has 1 atom stereocenters. The lowest BCUT2D eigenvalue weighted by Crippen LogP contribution is -2.59. The lowest BCUT2D eigenvalue weighted by Gasteiger charge is -2.44. The van der Waals surface area contributed by atoms with E-state index in [1.807, 2.05) is 24.3 Å². The van der Waals surface area contributed by atoms with Gasteiger partial charge in [-0.2, -0.15) is 5.26 Å². The van der Waals surface area contributed by atoms with Gasteiger partial charge in [0, 0.05) is 39.0 Å². The van der Waals surface area contributed by atoms with Crippen LogP contribution in [0.4, 0.5) is 5.69 Å². The topological polar surface area (TPSA) is 58.0 Å². The number of ether oxygens (including phenoxy) is 3. The summed E-state index contributed by atoms with van der Waals surface area (Å²) in [4.78, 5) is 4.69. The standard InChI is InChI=1S/C18H25N3O3/c1-22-9-6-20-7-10-23-15-18(13-20)14-21(8-11-24-18)17-4-2-16(12-19)3-5-17/h2-5H,6-11,13-15H2,1H3/t18-/m1/s1. The zero-order valence-corrected chi connectivity index (χ0v) is 14.2. The number of rotatable bonds is 4. The van der Waals surface area contributed by atoms with Crippen LogP contribution >= 0.6 is 0 Å². The van der Waals surface area contributed by atoms with E-state index in [1.165, 1.54) is 0 Å². The molecule has 6 heteroatoms. The molecular formula is C18H25N3O3. The molecule has 1 aromatic rings. The molecule has 0 N–H and O–H groups in total. The molecule has 0 bridgehead atoms. The van der Waals surface area contributed by atoms with E-state index in [1.54, 1.807) is 7.11 Å². The Morgan fingerprint density at radius 1 is 1.21 bits per heavy atom. The number of hydrogen-bond acceptors (Lipinski definition) is 6. The van der Waals surface area contributed by atoms with Crippen LogP contribution in [0.15, 0.2) is 24.3 Å². The molecule has 2 aliphatic heterocycles. The highest BCUT2D eigenvalue weighted by Crippen LogP contribution is 2.26. The first-order chi connectivity index (χ1) is 11.7. The monoisotopic (exact) mass is 331 g/mol. The van der Waals surface area contributed by atoms with Crippen LogP contribution in [0.1, 0.15) is 5.56 Å². The van der Waals surface area contributed by atoms with Gasteiger partial charge >= 0.3 is 0 Å². The van der Waals surface area contributed by atoms with Gasteiger partial charge in [-0.1, -0.05) is 0 Å². The maximum absolute atomic E-state index is 8.95. The Kier molecular flexibility index (Phi) is 5.69. The Morgan fingerprint density at radius 3 is 2.79 bits per heavy atom. The summed E-state index contributed by atoms with van der Waals surface area (Å²) in [6.07, 6.45) is 0. The number of methoxy groups -OCH3 is 1. The summed E-state index contributed by atoms with van der Waals surface area (Å²) in [5.74, 6) is 0. The fourth-order valence-electron chi connectivity index (χ4n) is 3.39. The van der Waals surface area contributed by atoms with Crippen molar-refractivity contribution in [2.45, 2.75) is 5.60 Å². The van der Waals surface area contributed by atoms with Gasteiger partial charge in [-0.15, -0.1) is 0 Å². The fraction of sp³-hybridized carbons (Fsp3) is 0.611. The highest BCUT2D eigenvalue weighted by Gasteiger charge is 2.40. The molecule has 0 saturated carbocycles. The Balaban J connectivity index is 1.71. The first-order valence-corrected chi connectivity index (χ1v) is 8.43. The molecule has 2 fully saturated rings. The molecule has 2 aliphatic rings. The van der Waals surface area contributed by atoms with Gasteiger partial charge in [-0.25, -0.2) is 0 Å². The summed E-state index contributed by atoms with van der Waals surface area (Å²) < 4.78 is 17.2. The SMILES string of the molecule is COCCN1CCOC[C@@]2(C1)CN(c1ccc(C#N)cc1)CCO2. The van der Waals surface area contributed by atoms with Crippen LogP contribution < -0.4 is 4.90 Å². The van der Waals surface area contributed by atoms with E-state index < -0.39 is 0 Å². The van der Waals surface area contributed by atoms with Crippen molar-refractivity contribution in [1.29, 1.82) is 5.26 Å². The predicted octanol–water partition coefficient (Wildman–Crippen LogP) is 1.11. The molecule has 6 nitrogen and oxygen atoms in total. The fourth-order valence-corrected chi connectivity index (χ4v) is 3.39. The number of nitrogens with zero attached hydrogens (tertiary/aromatic N) is 3. The Labute approximate surface area is 143 Å². The number of hydrogen-bond donors (Lipinski definition) is 0. The quantitative estimate of drug-likeness (QED) is 0.824. The van der Waals surface area contributed by atoms with Gasteiger partial charge in [0.1, 0.15) is 5.60 Å². The molecule has 24 heavy (non-hydrogen) atoms. The minimum Gasteiger partial charge on any atom is -0.383 e. The lowest BCUT2D eigenvalue weighted by molar-refractivity contribution is -0.100. The normalized spacial score (nSPS) is 25.4. The van der Waals surface area contributed by atoms with Crippen molar-refractivity contribution in [2.24, 2.45) is 0 Å². The molecule has 130 valence electrons. The molecule has 2 heterocycles. The van der Waals surface area contributed by atoms with Crippen molar-refractivity contribution < 1.29 is 14.2 Å². The number of morpholine rings is 1. The Hall–Kier alpha value is -1.65. The molecular weight excluding hydrogens is 306 g/mol. The predicted molar refractivity (Wildman–Crippen MR) is 91.2 cm³/mol. The zero-order valence-electron chi connectivity index (χ0n) is 14.2. The van der Waals surface area contributed by atoms with E-state index >= 15 is 0 Å². The number of anilines is 1. The van der Waals surface area contributed by atoms with E-state index in [4.69, 9.17) is 19.5 Å².